The van der Waals surface area contributed by atoms with E-state index in [4.69, 9.17) is 14.2 Å². The summed E-state index contributed by atoms with van der Waals surface area (Å²) >= 11 is 0. The van der Waals surface area contributed by atoms with Crippen molar-refractivity contribution in [2.45, 2.75) is 12.8 Å². The summed E-state index contributed by atoms with van der Waals surface area (Å²) in [5.74, 6) is 0.901. The molecule has 0 saturated carbocycles. The fourth-order valence-corrected chi connectivity index (χ4v) is 3.49. The highest BCUT2D eigenvalue weighted by atomic mass is 16.5. The van der Waals surface area contributed by atoms with Crippen LogP contribution >= 0.6 is 0 Å². The highest BCUT2D eigenvalue weighted by Crippen LogP contribution is 2.26. The summed E-state index contributed by atoms with van der Waals surface area (Å²) in [5.41, 5.74) is 3.71. The van der Waals surface area contributed by atoms with Gasteiger partial charge in [0.25, 0.3) is 5.91 Å². The SMILES string of the molecule is COc1cc(OC)cc(C(=O)N2CCC(C(=O)N/N=C\c3ccc(O)c(OC)c3)CC2)c1. The number of hydrazone groups is 1. The summed E-state index contributed by atoms with van der Waals surface area (Å²) in [4.78, 5) is 27.1. The van der Waals surface area contributed by atoms with Gasteiger partial charge < -0.3 is 24.2 Å². The van der Waals surface area contributed by atoms with Crippen LogP contribution in [0.5, 0.6) is 23.0 Å². The third kappa shape index (κ3) is 5.48. The molecule has 0 aliphatic carbocycles. The number of carbonyl (C=O) groups excluding carboxylic acids is 2. The molecule has 0 radical (unpaired) electrons. The minimum absolute atomic E-state index is 0.0300. The summed E-state index contributed by atoms with van der Waals surface area (Å²) in [6.45, 7) is 0.935. The lowest BCUT2D eigenvalue weighted by Gasteiger charge is -2.31. The topological polar surface area (TPSA) is 110 Å². The zero-order valence-electron chi connectivity index (χ0n) is 18.3. The number of piperidine rings is 1. The molecule has 32 heavy (non-hydrogen) atoms. The van der Waals surface area contributed by atoms with E-state index in [1.165, 1.54) is 33.6 Å². The van der Waals surface area contributed by atoms with Crippen LogP contribution in [0.25, 0.3) is 0 Å². The number of rotatable bonds is 7. The van der Waals surface area contributed by atoms with Crippen molar-refractivity contribution in [3.63, 3.8) is 0 Å². The van der Waals surface area contributed by atoms with E-state index in [0.29, 0.717) is 54.3 Å². The van der Waals surface area contributed by atoms with Crippen molar-refractivity contribution in [3.8, 4) is 23.0 Å². The first-order valence-electron chi connectivity index (χ1n) is 10.2. The number of nitrogens with one attached hydrogen (secondary N) is 1. The number of benzene rings is 2. The minimum Gasteiger partial charge on any atom is -0.504 e. The number of amides is 2. The first-order valence-corrected chi connectivity index (χ1v) is 10.2. The molecule has 3 rings (SSSR count). The maximum absolute atomic E-state index is 12.9. The van der Waals surface area contributed by atoms with Crippen LogP contribution in [0.1, 0.15) is 28.8 Å². The van der Waals surface area contributed by atoms with Crippen LogP contribution in [-0.4, -0.2) is 62.5 Å². The molecule has 1 aliphatic heterocycles. The number of phenols is 1. The van der Waals surface area contributed by atoms with E-state index in [2.05, 4.69) is 10.5 Å². The Morgan fingerprint density at radius 2 is 1.69 bits per heavy atom. The predicted octanol–water partition coefficient (Wildman–Crippen LogP) is 2.42. The molecular weight excluding hydrogens is 414 g/mol. The van der Waals surface area contributed by atoms with Gasteiger partial charge in [-0.2, -0.15) is 5.10 Å². The van der Waals surface area contributed by atoms with E-state index < -0.39 is 0 Å². The number of aromatic hydroxyl groups is 1. The maximum atomic E-state index is 12.9. The molecule has 170 valence electrons. The maximum Gasteiger partial charge on any atom is 0.254 e. The van der Waals surface area contributed by atoms with Gasteiger partial charge in [0.1, 0.15) is 11.5 Å². The Labute approximate surface area is 186 Å². The molecule has 0 bridgehead atoms. The average Bonchev–Trinajstić information content (AvgIpc) is 2.84. The molecule has 1 heterocycles. The predicted molar refractivity (Wildman–Crippen MR) is 119 cm³/mol. The smallest absolute Gasteiger partial charge is 0.254 e. The van der Waals surface area contributed by atoms with Gasteiger partial charge in [0.2, 0.25) is 5.91 Å². The Hall–Kier alpha value is -3.75. The molecule has 0 unspecified atom stereocenters. The van der Waals surface area contributed by atoms with Crippen molar-refractivity contribution < 1.29 is 28.9 Å². The molecule has 2 aromatic rings. The number of phenolic OH excluding ortho intramolecular Hbond substituents is 1. The van der Waals surface area contributed by atoms with Crippen molar-refractivity contribution in [2.75, 3.05) is 34.4 Å². The zero-order chi connectivity index (χ0) is 23.1. The molecule has 1 fully saturated rings. The molecule has 2 aromatic carbocycles. The Morgan fingerprint density at radius 3 is 2.28 bits per heavy atom. The van der Waals surface area contributed by atoms with Crippen LogP contribution in [0.4, 0.5) is 0 Å². The quantitative estimate of drug-likeness (QED) is 0.505. The number of likely N-dealkylation sites (tertiary alicyclic amines) is 1. The minimum atomic E-state index is -0.231. The molecule has 9 nitrogen and oxygen atoms in total. The van der Waals surface area contributed by atoms with E-state index in [1.807, 2.05) is 0 Å². The Balaban J connectivity index is 1.54. The van der Waals surface area contributed by atoms with Crippen molar-refractivity contribution in [2.24, 2.45) is 11.0 Å². The van der Waals surface area contributed by atoms with Crippen LogP contribution in [0.15, 0.2) is 41.5 Å². The van der Waals surface area contributed by atoms with Gasteiger partial charge >= 0.3 is 0 Å². The van der Waals surface area contributed by atoms with Crippen molar-refractivity contribution >= 4 is 18.0 Å². The van der Waals surface area contributed by atoms with Crippen LogP contribution in [0, 0.1) is 5.92 Å². The monoisotopic (exact) mass is 441 g/mol. The van der Waals surface area contributed by atoms with Gasteiger partial charge in [0.05, 0.1) is 27.5 Å². The van der Waals surface area contributed by atoms with Crippen LogP contribution in [0.2, 0.25) is 0 Å². The molecule has 1 aliphatic rings. The van der Waals surface area contributed by atoms with Crippen LogP contribution in [0.3, 0.4) is 0 Å². The molecule has 2 amide bonds. The summed E-state index contributed by atoms with van der Waals surface area (Å²) in [5, 5.41) is 13.6. The van der Waals surface area contributed by atoms with Crippen molar-refractivity contribution in [3.05, 3.63) is 47.5 Å². The molecule has 0 aromatic heterocycles. The fourth-order valence-electron chi connectivity index (χ4n) is 3.49. The lowest BCUT2D eigenvalue weighted by molar-refractivity contribution is -0.126. The lowest BCUT2D eigenvalue weighted by atomic mass is 9.95. The highest BCUT2D eigenvalue weighted by molar-refractivity contribution is 5.95. The number of ether oxygens (including phenoxy) is 3. The van der Waals surface area contributed by atoms with Gasteiger partial charge in [-0.3, -0.25) is 9.59 Å². The van der Waals surface area contributed by atoms with Gasteiger partial charge in [-0.1, -0.05) is 0 Å². The van der Waals surface area contributed by atoms with Crippen molar-refractivity contribution in [1.29, 1.82) is 0 Å². The first kappa shape index (κ1) is 22.9. The van der Waals surface area contributed by atoms with Gasteiger partial charge in [-0.15, -0.1) is 0 Å². The number of hydrogen-bond acceptors (Lipinski definition) is 7. The first-order chi connectivity index (χ1) is 15.4. The molecule has 0 spiro atoms. The lowest BCUT2D eigenvalue weighted by Crippen LogP contribution is -2.42. The number of nitrogens with zero attached hydrogens (tertiary/aromatic N) is 2. The standard InChI is InChI=1S/C23H27N3O6/c1-30-18-11-17(12-19(13-18)31-2)23(29)26-8-6-16(7-9-26)22(28)25-24-14-15-4-5-20(27)21(10-15)32-3/h4-5,10-14,16,27H,6-9H2,1-3H3,(H,25,28)/b24-14-. The Morgan fingerprint density at radius 1 is 1.03 bits per heavy atom. The third-order valence-corrected chi connectivity index (χ3v) is 5.34. The van der Waals surface area contributed by atoms with E-state index in [1.54, 1.807) is 35.2 Å². The summed E-state index contributed by atoms with van der Waals surface area (Å²) in [7, 11) is 4.53. The number of methoxy groups -OCH3 is 3. The normalized spacial score (nSPS) is 14.3. The van der Waals surface area contributed by atoms with E-state index in [9.17, 15) is 14.7 Å². The number of hydrogen-bond donors (Lipinski definition) is 2. The summed E-state index contributed by atoms with van der Waals surface area (Å²) in [6, 6.07) is 9.83. The second-order valence-corrected chi connectivity index (χ2v) is 7.33. The fraction of sp³-hybridized carbons (Fsp3) is 0.348. The molecule has 9 heteroatoms. The number of carbonyl (C=O) groups is 2. The van der Waals surface area contributed by atoms with Crippen molar-refractivity contribution in [1.82, 2.24) is 10.3 Å². The van der Waals surface area contributed by atoms with Crippen LogP contribution in [-0.2, 0) is 4.79 Å². The van der Waals surface area contributed by atoms with E-state index >= 15 is 0 Å². The highest BCUT2D eigenvalue weighted by Gasteiger charge is 2.28. The summed E-state index contributed by atoms with van der Waals surface area (Å²) in [6.07, 6.45) is 2.57. The molecular formula is C23H27N3O6. The largest absolute Gasteiger partial charge is 0.504 e. The van der Waals surface area contributed by atoms with E-state index in [-0.39, 0.29) is 23.5 Å². The van der Waals surface area contributed by atoms with E-state index in [0.717, 1.165) is 0 Å². The third-order valence-electron chi connectivity index (χ3n) is 5.34. The van der Waals surface area contributed by atoms with Gasteiger partial charge in [0.15, 0.2) is 11.5 Å². The average molecular weight is 441 g/mol. The zero-order valence-corrected chi connectivity index (χ0v) is 18.3. The molecule has 2 N–H and O–H groups in total. The Kier molecular flexibility index (Phi) is 7.54. The molecule has 1 saturated heterocycles. The van der Waals surface area contributed by atoms with Gasteiger partial charge in [0, 0.05) is 30.6 Å². The Bertz CT molecular complexity index is 977. The second kappa shape index (κ2) is 10.5. The van der Waals surface area contributed by atoms with Gasteiger partial charge in [-0.05, 0) is 48.7 Å². The van der Waals surface area contributed by atoms with Crippen LogP contribution < -0.4 is 19.6 Å². The van der Waals surface area contributed by atoms with Gasteiger partial charge in [-0.25, -0.2) is 5.43 Å². The summed E-state index contributed by atoms with van der Waals surface area (Å²) < 4.78 is 15.5. The molecule has 0 atom stereocenters. The second-order valence-electron chi connectivity index (χ2n) is 7.33.